The molecule has 10 aromatic carbocycles. The van der Waals surface area contributed by atoms with Gasteiger partial charge in [0, 0.05) is 67.8 Å². The smallest absolute Gasteiger partial charge is 0.135 e. The number of fused-ring (bicyclic) bond motifs is 10. The van der Waals surface area contributed by atoms with Crippen LogP contribution in [0.1, 0.15) is 0 Å². The van der Waals surface area contributed by atoms with E-state index in [0.29, 0.717) is 0 Å². The fourth-order valence-electron chi connectivity index (χ4n) is 9.80. The molecule has 0 aliphatic rings. The van der Waals surface area contributed by atoms with Crippen molar-refractivity contribution in [3.8, 4) is 66.2 Å². The fraction of sp³-hybridized carbons (Fsp3) is 0. The highest BCUT2D eigenvalue weighted by Gasteiger charge is 2.18. The third-order valence-electron chi connectivity index (χ3n) is 13.2. The van der Waals surface area contributed by atoms with Gasteiger partial charge in [0.05, 0.1) is 10.2 Å². The van der Waals surface area contributed by atoms with Crippen LogP contribution in [0.5, 0.6) is 0 Å². The largest absolute Gasteiger partial charge is 0.456 e. The molecule has 0 N–H and O–H groups in total. The summed E-state index contributed by atoms with van der Waals surface area (Å²) in [7, 11) is 0. The summed E-state index contributed by atoms with van der Waals surface area (Å²) in [5, 5.41) is 8.55. The molecule has 66 heavy (non-hydrogen) atoms. The Morgan fingerprint density at radius 1 is 0.288 bits per heavy atom. The lowest BCUT2D eigenvalue weighted by atomic mass is 9.95. The summed E-state index contributed by atoms with van der Waals surface area (Å²) < 4.78 is 12.6. The van der Waals surface area contributed by atoms with Crippen LogP contribution in [0, 0.1) is 0 Å². The van der Waals surface area contributed by atoms with Gasteiger partial charge in [0.15, 0.2) is 0 Å². The maximum atomic E-state index is 6.13. The summed E-state index contributed by atoms with van der Waals surface area (Å²) >= 11 is 5.49. The molecule has 0 aliphatic heterocycles. The van der Waals surface area contributed by atoms with Gasteiger partial charge in [0.1, 0.15) is 16.2 Å². The first-order valence-electron chi connectivity index (χ1n) is 22.2. The summed E-state index contributed by atoms with van der Waals surface area (Å²) in [5.41, 5.74) is 15.8. The fourth-order valence-corrected chi connectivity index (χ4v) is 13.1. The Bertz CT molecular complexity index is 4010. The van der Waals surface area contributed by atoms with E-state index in [4.69, 9.17) is 9.40 Å². The number of hydrogen-bond acceptors (Lipinski definition) is 5. The van der Waals surface area contributed by atoms with Crippen LogP contribution in [0.25, 0.3) is 139 Å². The molecule has 0 amide bonds. The average molecular weight is 894 g/mol. The van der Waals surface area contributed by atoms with E-state index in [1.54, 1.807) is 11.3 Å². The first-order valence-corrected chi connectivity index (χ1v) is 24.6. The highest BCUT2D eigenvalue weighted by atomic mass is 32.1. The van der Waals surface area contributed by atoms with Crippen LogP contribution in [0.15, 0.2) is 217 Å². The van der Waals surface area contributed by atoms with Crippen molar-refractivity contribution in [2.45, 2.75) is 0 Å². The van der Waals surface area contributed by atoms with Gasteiger partial charge >= 0.3 is 0 Å². The van der Waals surface area contributed by atoms with Gasteiger partial charge in [-0.05, 0) is 99.1 Å². The first kappa shape index (κ1) is 37.7. The van der Waals surface area contributed by atoms with Crippen molar-refractivity contribution in [2.24, 2.45) is 0 Å². The minimum absolute atomic E-state index is 0.907. The van der Waals surface area contributed by atoms with Crippen LogP contribution < -0.4 is 0 Å². The number of aromatic nitrogens is 1. The molecule has 0 saturated carbocycles. The van der Waals surface area contributed by atoms with E-state index in [1.807, 2.05) is 34.8 Å². The molecule has 0 spiro atoms. The van der Waals surface area contributed by atoms with E-state index >= 15 is 0 Å². The van der Waals surface area contributed by atoms with Crippen molar-refractivity contribution in [1.29, 1.82) is 0 Å². The molecule has 0 saturated heterocycles. The second-order valence-electron chi connectivity index (χ2n) is 17.0. The van der Waals surface area contributed by atoms with Crippen LogP contribution in [-0.2, 0) is 0 Å². The van der Waals surface area contributed by atoms with E-state index < -0.39 is 0 Å². The van der Waals surface area contributed by atoms with E-state index in [0.717, 1.165) is 60.3 Å². The van der Waals surface area contributed by atoms with Crippen LogP contribution in [0.4, 0.5) is 0 Å². The highest BCUT2D eigenvalue weighted by Crippen LogP contribution is 2.44. The van der Waals surface area contributed by atoms with Crippen molar-refractivity contribution in [3.05, 3.63) is 212 Å². The number of nitrogens with zero attached hydrogens (tertiary/aromatic N) is 1. The molecular weight excluding hydrogens is 859 g/mol. The van der Waals surface area contributed by atoms with Gasteiger partial charge in [-0.2, -0.15) is 0 Å². The number of para-hydroxylation sites is 1. The molecule has 0 unspecified atom stereocenters. The van der Waals surface area contributed by atoms with Crippen molar-refractivity contribution >= 4 is 107 Å². The van der Waals surface area contributed by atoms with Gasteiger partial charge in [-0.15, -0.1) is 34.0 Å². The third-order valence-corrected chi connectivity index (χ3v) is 16.6. The minimum atomic E-state index is 0.907. The van der Waals surface area contributed by atoms with Gasteiger partial charge in [-0.3, -0.25) is 0 Å². The molecule has 14 aromatic rings. The van der Waals surface area contributed by atoms with Crippen molar-refractivity contribution < 1.29 is 4.42 Å². The summed E-state index contributed by atoms with van der Waals surface area (Å²) in [6.45, 7) is 0. The summed E-state index contributed by atoms with van der Waals surface area (Å²) in [6.07, 6.45) is 0. The number of thiazole rings is 1. The maximum Gasteiger partial charge on any atom is 0.135 e. The number of hydrogen-bond donors (Lipinski definition) is 0. The lowest BCUT2D eigenvalue weighted by molar-refractivity contribution is 0.669. The molecule has 0 bridgehead atoms. The normalized spacial score (nSPS) is 11.9. The molecular formula is C61H35NOS3. The lowest BCUT2D eigenvalue weighted by Crippen LogP contribution is -1.86. The summed E-state index contributed by atoms with van der Waals surface area (Å²) in [6, 6.07) is 77.4. The highest BCUT2D eigenvalue weighted by molar-refractivity contribution is 7.26. The van der Waals surface area contributed by atoms with E-state index in [-0.39, 0.29) is 0 Å². The number of thiophene rings is 2. The molecule has 4 aromatic heterocycles. The Balaban J connectivity index is 0.847. The van der Waals surface area contributed by atoms with Crippen LogP contribution in [0.3, 0.4) is 0 Å². The Morgan fingerprint density at radius 2 is 0.712 bits per heavy atom. The van der Waals surface area contributed by atoms with Crippen molar-refractivity contribution in [3.63, 3.8) is 0 Å². The zero-order valence-electron chi connectivity index (χ0n) is 35.3. The van der Waals surface area contributed by atoms with Gasteiger partial charge in [-0.1, -0.05) is 158 Å². The Hall–Kier alpha value is -7.67. The Kier molecular flexibility index (Phi) is 8.53. The SMILES string of the molecule is c1ccc2c(c1)oc1ccc(-c3ccc(-c4nc5c(-c6ccc(-c7ccc8sc9ccccc9c8c7)cc6)ccc(-c6ccc(-c7ccc8sc9ccccc9c8c7)cc6)c5s4)cc3)cc12. The molecule has 2 nitrogen and oxygen atoms in total. The zero-order valence-corrected chi connectivity index (χ0v) is 37.7. The maximum absolute atomic E-state index is 6.13. The molecule has 0 aliphatic carbocycles. The third kappa shape index (κ3) is 6.16. The van der Waals surface area contributed by atoms with E-state index in [9.17, 15) is 0 Å². The molecule has 0 radical (unpaired) electrons. The second-order valence-corrected chi connectivity index (χ2v) is 20.2. The van der Waals surface area contributed by atoms with Gasteiger partial charge in [0.2, 0.25) is 0 Å². The summed E-state index contributed by atoms with van der Waals surface area (Å²) in [4.78, 5) is 5.48. The topological polar surface area (TPSA) is 26.0 Å². The van der Waals surface area contributed by atoms with E-state index in [1.165, 1.54) is 78.4 Å². The van der Waals surface area contributed by atoms with Gasteiger partial charge in [-0.25, -0.2) is 4.98 Å². The molecule has 308 valence electrons. The monoisotopic (exact) mass is 893 g/mol. The molecule has 0 fully saturated rings. The van der Waals surface area contributed by atoms with Crippen LogP contribution in [-0.4, -0.2) is 4.98 Å². The standard InChI is InChI=1S/C61H35NOS3/c1-4-10-53-47(7-1)50-33-42(25-30-54(50)63-53)38-17-23-41(24-18-38)61-62-59-45(39-19-13-36(14-20-39)43-26-31-57-51(34-43)48-8-2-5-11-55(48)64-57)28-29-46(60(59)66-61)40-21-15-37(16-22-40)44-27-32-58-52(35-44)49-9-3-6-12-56(49)65-58/h1-35H. The molecule has 0 atom stereocenters. The number of rotatable bonds is 6. The first-order chi connectivity index (χ1) is 32.6. The van der Waals surface area contributed by atoms with E-state index in [2.05, 4.69) is 200 Å². The van der Waals surface area contributed by atoms with Crippen molar-refractivity contribution in [1.82, 2.24) is 4.98 Å². The Labute approximate surface area is 391 Å². The molecule has 14 rings (SSSR count). The predicted octanol–water partition coefficient (Wildman–Crippen LogP) is 18.9. The van der Waals surface area contributed by atoms with Gasteiger partial charge in [0.25, 0.3) is 0 Å². The zero-order chi connectivity index (χ0) is 43.3. The second kappa shape index (κ2) is 14.9. The lowest BCUT2D eigenvalue weighted by Gasteiger charge is -2.10. The van der Waals surface area contributed by atoms with Crippen LogP contribution in [0.2, 0.25) is 0 Å². The number of furan rings is 1. The average Bonchev–Trinajstić information content (AvgIpc) is 4.18. The predicted molar refractivity (Wildman–Crippen MR) is 285 cm³/mol. The Morgan fingerprint density at radius 3 is 1.32 bits per heavy atom. The quantitative estimate of drug-likeness (QED) is 0.166. The summed E-state index contributed by atoms with van der Waals surface area (Å²) in [5.74, 6) is 0. The number of benzene rings is 10. The van der Waals surface area contributed by atoms with Crippen LogP contribution >= 0.6 is 34.0 Å². The van der Waals surface area contributed by atoms with Crippen molar-refractivity contribution in [2.75, 3.05) is 0 Å². The molecule has 4 heterocycles. The minimum Gasteiger partial charge on any atom is -0.456 e. The molecule has 5 heteroatoms. The van der Waals surface area contributed by atoms with Gasteiger partial charge < -0.3 is 4.42 Å².